The molecule has 2 aromatic carbocycles. The van der Waals surface area contributed by atoms with Crippen molar-refractivity contribution >= 4 is 17.6 Å². The van der Waals surface area contributed by atoms with Gasteiger partial charge in [-0.05, 0) is 37.1 Å². The first-order valence-electron chi connectivity index (χ1n) is 7.77. The third-order valence-corrected chi connectivity index (χ3v) is 4.01. The van der Waals surface area contributed by atoms with E-state index in [0.29, 0.717) is 11.1 Å². The van der Waals surface area contributed by atoms with Gasteiger partial charge < -0.3 is 4.74 Å². The maximum atomic E-state index is 12.3. The van der Waals surface area contributed by atoms with Crippen LogP contribution in [-0.4, -0.2) is 17.7 Å². The van der Waals surface area contributed by atoms with Crippen molar-refractivity contribution in [1.82, 2.24) is 0 Å². The molecule has 0 spiro atoms. The van der Waals surface area contributed by atoms with Gasteiger partial charge >= 0.3 is 0 Å². The Bertz CT molecular complexity index is 748. The van der Waals surface area contributed by atoms with E-state index >= 15 is 0 Å². The lowest BCUT2D eigenvalue weighted by Crippen LogP contribution is -2.09. The zero-order chi connectivity index (χ0) is 16.4. The standard InChI is InChI=1S/C20H18O3/c1-3-13(2)23-15-10-8-14(9-11-15)12-18-19(21)16-6-4-5-7-17(16)20(18)22/h4-13H,3H2,1-2H3/t13-/m0/s1. The summed E-state index contributed by atoms with van der Waals surface area (Å²) in [6, 6.07) is 14.4. The molecule has 0 aromatic heterocycles. The van der Waals surface area contributed by atoms with Crippen LogP contribution in [-0.2, 0) is 0 Å². The van der Waals surface area contributed by atoms with Crippen molar-refractivity contribution in [3.05, 3.63) is 70.8 Å². The van der Waals surface area contributed by atoms with Crippen LogP contribution in [0.4, 0.5) is 0 Å². The SMILES string of the molecule is CC[C@H](C)Oc1ccc(C=C2C(=O)c3ccccc3C2=O)cc1. The molecule has 0 aliphatic heterocycles. The number of ether oxygens (including phenoxy) is 1. The number of hydrogen-bond acceptors (Lipinski definition) is 3. The first kappa shape index (κ1) is 15.2. The van der Waals surface area contributed by atoms with Gasteiger partial charge in [-0.2, -0.15) is 0 Å². The van der Waals surface area contributed by atoms with Gasteiger partial charge in [0, 0.05) is 11.1 Å². The molecule has 0 saturated carbocycles. The summed E-state index contributed by atoms with van der Waals surface area (Å²) in [5, 5.41) is 0. The molecule has 0 unspecified atom stereocenters. The smallest absolute Gasteiger partial charge is 0.197 e. The van der Waals surface area contributed by atoms with Crippen LogP contribution in [0.5, 0.6) is 5.75 Å². The molecule has 1 aliphatic rings. The number of rotatable bonds is 4. The number of ketones is 2. The van der Waals surface area contributed by atoms with Crippen molar-refractivity contribution in [3.8, 4) is 5.75 Å². The zero-order valence-electron chi connectivity index (χ0n) is 13.2. The van der Waals surface area contributed by atoms with Crippen LogP contribution in [0.3, 0.4) is 0 Å². The highest BCUT2D eigenvalue weighted by Crippen LogP contribution is 2.28. The van der Waals surface area contributed by atoms with Gasteiger partial charge in [0.2, 0.25) is 0 Å². The molecule has 1 aliphatic carbocycles. The molecule has 0 amide bonds. The van der Waals surface area contributed by atoms with Crippen LogP contribution in [0.25, 0.3) is 6.08 Å². The minimum atomic E-state index is -0.203. The summed E-state index contributed by atoms with van der Waals surface area (Å²) in [5.41, 5.74) is 2.01. The molecule has 3 heteroatoms. The number of carbonyl (C=O) groups excluding carboxylic acids is 2. The number of carbonyl (C=O) groups is 2. The molecule has 3 rings (SSSR count). The van der Waals surface area contributed by atoms with E-state index in [4.69, 9.17) is 4.74 Å². The highest BCUT2D eigenvalue weighted by Gasteiger charge is 2.32. The van der Waals surface area contributed by atoms with Gasteiger partial charge in [-0.3, -0.25) is 9.59 Å². The van der Waals surface area contributed by atoms with Gasteiger partial charge in [-0.25, -0.2) is 0 Å². The molecule has 116 valence electrons. The predicted molar refractivity (Wildman–Crippen MR) is 89.9 cm³/mol. The Labute approximate surface area is 135 Å². The lowest BCUT2D eigenvalue weighted by atomic mass is 10.1. The van der Waals surface area contributed by atoms with Gasteiger partial charge in [-0.15, -0.1) is 0 Å². The van der Waals surface area contributed by atoms with Crippen LogP contribution in [0.2, 0.25) is 0 Å². The Morgan fingerprint density at radius 2 is 1.52 bits per heavy atom. The molecule has 0 heterocycles. The van der Waals surface area contributed by atoms with Gasteiger partial charge in [0.15, 0.2) is 11.6 Å². The van der Waals surface area contributed by atoms with E-state index in [2.05, 4.69) is 6.92 Å². The number of allylic oxidation sites excluding steroid dienone is 1. The third kappa shape index (κ3) is 2.95. The fourth-order valence-electron chi connectivity index (χ4n) is 2.53. The fraction of sp³-hybridized carbons (Fsp3) is 0.200. The summed E-state index contributed by atoms with van der Waals surface area (Å²) in [7, 11) is 0. The van der Waals surface area contributed by atoms with E-state index in [-0.39, 0.29) is 23.2 Å². The Morgan fingerprint density at radius 1 is 0.957 bits per heavy atom. The molecule has 0 bridgehead atoms. The second kappa shape index (κ2) is 6.21. The first-order valence-corrected chi connectivity index (χ1v) is 7.77. The number of fused-ring (bicyclic) bond motifs is 1. The third-order valence-electron chi connectivity index (χ3n) is 4.01. The van der Waals surface area contributed by atoms with Crippen LogP contribution < -0.4 is 4.74 Å². The maximum absolute atomic E-state index is 12.3. The highest BCUT2D eigenvalue weighted by atomic mass is 16.5. The van der Waals surface area contributed by atoms with Crippen molar-refractivity contribution in [2.45, 2.75) is 26.4 Å². The molecule has 1 atom stereocenters. The number of hydrogen-bond donors (Lipinski definition) is 0. The lowest BCUT2D eigenvalue weighted by molar-refractivity contribution is 0.0990. The number of benzene rings is 2. The van der Waals surface area contributed by atoms with Crippen LogP contribution >= 0.6 is 0 Å². The minimum Gasteiger partial charge on any atom is -0.491 e. The fourth-order valence-corrected chi connectivity index (χ4v) is 2.53. The van der Waals surface area contributed by atoms with Crippen LogP contribution in [0.15, 0.2) is 54.1 Å². The van der Waals surface area contributed by atoms with Gasteiger partial charge in [-0.1, -0.05) is 43.3 Å². The molecule has 0 N–H and O–H groups in total. The topological polar surface area (TPSA) is 43.4 Å². The average molecular weight is 306 g/mol. The zero-order valence-corrected chi connectivity index (χ0v) is 13.2. The quantitative estimate of drug-likeness (QED) is 0.624. The summed E-state index contributed by atoms with van der Waals surface area (Å²) in [4.78, 5) is 24.7. The molecule has 23 heavy (non-hydrogen) atoms. The van der Waals surface area contributed by atoms with Crippen LogP contribution in [0.1, 0.15) is 46.5 Å². The highest BCUT2D eigenvalue weighted by molar-refractivity contribution is 6.41. The summed E-state index contributed by atoms with van der Waals surface area (Å²) in [6.07, 6.45) is 2.75. The van der Waals surface area contributed by atoms with Crippen molar-refractivity contribution < 1.29 is 14.3 Å². The maximum Gasteiger partial charge on any atom is 0.197 e. The minimum absolute atomic E-state index is 0.159. The molecule has 2 aromatic rings. The van der Waals surface area contributed by atoms with Crippen molar-refractivity contribution in [3.63, 3.8) is 0 Å². The lowest BCUT2D eigenvalue weighted by Gasteiger charge is -2.12. The van der Waals surface area contributed by atoms with Gasteiger partial charge in [0.05, 0.1) is 11.7 Å². The molecule has 0 fully saturated rings. The number of Topliss-reactive ketones (excluding diaryl/α,β-unsaturated/α-hetero) is 2. The monoisotopic (exact) mass is 306 g/mol. The van der Waals surface area contributed by atoms with E-state index < -0.39 is 0 Å². The van der Waals surface area contributed by atoms with E-state index in [9.17, 15) is 9.59 Å². The normalized spacial score (nSPS) is 14.6. The summed E-state index contributed by atoms with van der Waals surface area (Å²) in [5.74, 6) is 0.380. The average Bonchev–Trinajstić information content (AvgIpc) is 2.82. The van der Waals surface area contributed by atoms with Crippen molar-refractivity contribution in [2.75, 3.05) is 0 Å². The Balaban J connectivity index is 1.86. The first-order chi connectivity index (χ1) is 11.1. The molecule has 3 nitrogen and oxygen atoms in total. The molecular weight excluding hydrogens is 288 g/mol. The Hall–Kier alpha value is -2.68. The van der Waals surface area contributed by atoms with E-state index in [0.717, 1.165) is 17.7 Å². The Morgan fingerprint density at radius 3 is 2.04 bits per heavy atom. The molecular formula is C20H18O3. The Kier molecular flexibility index (Phi) is 4.11. The summed E-state index contributed by atoms with van der Waals surface area (Å²) in [6.45, 7) is 4.08. The summed E-state index contributed by atoms with van der Waals surface area (Å²) >= 11 is 0. The van der Waals surface area contributed by atoms with Crippen molar-refractivity contribution in [2.24, 2.45) is 0 Å². The van der Waals surface area contributed by atoms with E-state index in [1.54, 1.807) is 30.3 Å². The van der Waals surface area contributed by atoms with Gasteiger partial charge in [0.1, 0.15) is 5.75 Å². The summed E-state index contributed by atoms with van der Waals surface area (Å²) < 4.78 is 5.73. The molecule has 0 radical (unpaired) electrons. The van der Waals surface area contributed by atoms with E-state index in [1.807, 2.05) is 31.2 Å². The van der Waals surface area contributed by atoms with Gasteiger partial charge in [0.25, 0.3) is 0 Å². The van der Waals surface area contributed by atoms with Crippen molar-refractivity contribution in [1.29, 1.82) is 0 Å². The van der Waals surface area contributed by atoms with E-state index in [1.165, 1.54) is 0 Å². The largest absolute Gasteiger partial charge is 0.491 e. The second-order valence-electron chi connectivity index (χ2n) is 5.67. The molecule has 0 saturated heterocycles. The van der Waals surface area contributed by atoms with Crippen LogP contribution in [0, 0.1) is 0 Å². The second-order valence-corrected chi connectivity index (χ2v) is 5.67. The predicted octanol–water partition coefficient (Wildman–Crippen LogP) is 4.33.